The van der Waals surface area contributed by atoms with E-state index in [2.05, 4.69) is 0 Å². The quantitative estimate of drug-likeness (QED) is 0.241. The maximum Gasteiger partial charge on any atom is 0.338 e. The number of hydrogen-bond acceptors (Lipinski definition) is 9. The molecule has 1 aliphatic rings. The topological polar surface area (TPSA) is 171 Å². The van der Waals surface area contributed by atoms with Crippen molar-refractivity contribution in [2.45, 2.75) is 36.8 Å². The lowest BCUT2D eigenvalue weighted by atomic mass is 9.79. The predicted octanol–water partition coefficient (Wildman–Crippen LogP) is 1.22. The Morgan fingerprint density at radius 3 is 2.30 bits per heavy atom. The molecule has 0 saturated heterocycles. The zero-order valence-electron chi connectivity index (χ0n) is 17.2. The number of aliphatic carboxylic acids is 1. The molecule has 4 atom stereocenters. The number of ether oxygens (including phenoxy) is 2. The number of phenolic OH excluding ortho intramolecular Hbond substituents is 2. The van der Waals surface area contributed by atoms with Gasteiger partial charge in [0.25, 0.3) is 0 Å². The van der Waals surface area contributed by atoms with Crippen molar-refractivity contribution in [1.29, 1.82) is 0 Å². The van der Waals surface area contributed by atoms with E-state index in [4.69, 9.17) is 9.47 Å². The van der Waals surface area contributed by atoms with Gasteiger partial charge in [0.05, 0.1) is 11.7 Å². The fourth-order valence-corrected chi connectivity index (χ4v) is 3.44. The Bertz CT molecular complexity index is 1060. The number of aliphatic hydroxyl groups excluding tert-OH is 1. The van der Waals surface area contributed by atoms with Crippen molar-refractivity contribution in [3.63, 3.8) is 0 Å². The molecule has 1 saturated carbocycles. The Morgan fingerprint density at radius 1 is 0.970 bits per heavy atom. The van der Waals surface area contributed by atoms with Gasteiger partial charge in [-0.1, -0.05) is 24.3 Å². The highest BCUT2D eigenvalue weighted by Crippen LogP contribution is 2.33. The number of phenols is 2. The van der Waals surface area contributed by atoms with Gasteiger partial charge in [0, 0.05) is 18.9 Å². The summed E-state index contributed by atoms with van der Waals surface area (Å²) in [7, 11) is 0. The van der Waals surface area contributed by atoms with Gasteiger partial charge in [-0.25, -0.2) is 14.4 Å². The van der Waals surface area contributed by atoms with Crippen molar-refractivity contribution >= 4 is 24.0 Å². The minimum Gasteiger partial charge on any atom is -0.504 e. The van der Waals surface area contributed by atoms with Gasteiger partial charge in [0.2, 0.25) is 0 Å². The Morgan fingerprint density at radius 2 is 1.67 bits per heavy atom. The summed E-state index contributed by atoms with van der Waals surface area (Å²) >= 11 is 0. The molecule has 0 radical (unpaired) electrons. The molecule has 0 amide bonds. The Hall–Kier alpha value is -3.89. The first-order valence-corrected chi connectivity index (χ1v) is 9.89. The monoisotopic (exact) mass is 458 g/mol. The van der Waals surface area contributed by atoms with Crippen molar-refractivity contribution in [1.82, 2.24) is 0 Å². The van der Waals surface area contributed by atoms with Crippen LogP contribution in [0.2, 0.25) is 0 Å². The number of aromatic hydroxyl groups is 2. The van der Waals surface area contributed by atoms with E-state index < -0.39 is 60.4 Å². The fraction of sp³-hybridized carbons (Fsp3) is 0.261. The van der Waals surface area contributed by atoms with Gasteiger partial charge in [-0.2, -0.15) is 0 Å². The molecule has 0 bridgehead atoms. The summed E-state index contributed by atoms with van der Waals surface area (Å²) in [5.41, 5.74) is -1.88. The molecule has 10 heteroatoms. The van der Waals surface area contributed by atoms with Gasteiger partial charge in [0.1, 0.15) is 6.10 Å². The lowest BCUT2D eigenvalue weighted by Gasteiger charge is -2.40. The van der Waals surface area contributed by atoms with Crippen LogP contribution < -0.4 is 0 Å². The smallest absolute Gasteiger partial charge is 0.338 e. The number of hydrogen-bond donors (Lipinski definition) is 5. The average Bonchev–Trinajstić information content (AvgIpc) is 2.77. The SMILES string of the molecule is O=C(/C=C/c1ccc(O)c(O)c1)O[C@@H]1C[C@@](O)(C(=O)O)C[C@@H](O)[C@@H]1OC(=O)c1ccccc1. The number of aliphatic hydroxyl groups is 2. The summed E-state index contributed by atoms with van der Waals surface area (Å²) in [4.78, 5) is 36.3. The highest BCUT2D eigenvalue weighted by atomic mass is 16.6. The van der Waals surface area contributed by atoms with Crippen molar-refractivity contribution in [3.05, 3.63) is 65.7 Å². The van der Waals surface area contributed by atoms with E-state index in [9.17, 15) is 39.9 Å². The van der Waals surface area contributed by atoms with Crippen molar-refractivity contribution < 1.29 is 49.4 Å². The molecule has 1 aliphatic carbocycles. The van der Waals surface area contributed by atoms with E-state index in [1.165, 1.54) is 36.4 Å². The van der Waals surface area contributed by atoms with Crippen LogP contribution in [0.25, 0.3) is 6.08 Å². The fourth-order valence-electron chi connectivity index (χ4n) is 3.44. The third-order valence-electron chi connectivity index (χ3n) is 5.16. The molecule has 0 aliphatic heterocycles. The lowest BCUT2D eigenvalue weighted by molar-refractivity contribution is -0.196. The van der Waals surface area contributed by atoms with Crippen LogP contribution in [0.1, 0.15) is 28.8 Å². The first-order chi connectivity index (χ1) is 15.6. The van der Waals surface area contributed by atoms with Crippen molar-refractivity contribution in [3.8, 4) is 11.5 Å². The van der Waals surface area contributed by atoms with Crippen LogP contribution in [0.5, 0.6) is 11.5 Å². The summed E-state index contributed by atoms with van der Waals surface area (Å²) < 4.78 is 10.5. The van der Waals surface area contributed by atoms with Gasteiger partial charge in [-0.05, 0) is 35.9 Å². The summed E-state index contributed by atoms with van der Waals surface area (Å²) in [5, 5.41) is 49.0. The van der Waals surface area contributed by atoms with Crippen LogP contribution in [-0.4, -0.2) is 67.4 Å². The van der Waals surface area contributed by atoms with E-state index in [-0.39, 0.29) is 11.3 Å². The van der Waals surface area contributed by atoms with E-state index in [1.54, 1.807) is 18.2 Å². The maximum absolute atomic E-state index is 12.4. The summed E-state index contributed by atoms with van der Waals surface area (Å²) in [6.07, 6.45) is -3.54. The highest BCUT2D eigenvalue weighted by molar-refractivity contribution is 5.90. The normalized spacial score (nSPS) is 24.8. The number of carboxylic acid groups (broad SMARTS) is 1. The zero-order valence-corrected chi connectivity index (χ0v) is 17.2. The molecule has 0 spiro atoms. The predicted molar refractivity (Wildman–Crippen MR) is 112 cm³/mol. The molecule has 5 N–H and O–H groups in total. The van der Waals surface area contributed by atoms with Crippen LogP contribution in [-0.2, 0) is 19.1 Å². The molecule has 0 heterocycles. The first kappa shape index (κ1) is 23.8. The van der Waals surface area contributed by atoms with Gasteiger partial charge < -0.3 is 35.0 Å². The lowest BCUT2D eigenvalue weighted by Crippen LogP contribution is -2.58. The summed E-state index contributed by atoms with van der Waals surface area (Å²) in [5.74, 6) is -4.17. The second-order valence-electron chi connectivity index (χ2n) is 7.61. The zero-order chi connectivity index (χ0) is 24.2. The van der Waals surface area contributed by atoms with E-state index in [0.29, 0.717) is 5.56 Å². The molecule has 174 valence electrons. The Labute approximate surface area is 187 Å². The second kappa shape index (κ2) is 9.72. The highest BCUT2D eigenvalue weighted by Gasteiger charge is 2.52. The number of rotatable bonds is 6. The summed E-state index contributed by atoms with van der Waals surface area (Å²) in [6, 6.07) is 11.6. The van der Waals surface area contributed by atoms with E-state index >= 15 is 0 Å². The van der Waals surface area contributed by atoms with Crippen LogP contribution in [0.3, 0.4) is 0 Å². The molecule has 0 aromatic heterocycles. The molecule has 3 rings (SSSR count). The third-order valence-corrected chi connectivity index (χ3v) is 5.16. The summed E-state index contributed by atoms with van der Waals surface area (Å²) in [6.45, 7) is 0. The Kier molecular flexibility index (Phi) is 7.00. The number of carbonyl (C=O) groups excluding carboxylic acids is 2. The number of carbonyl (C=O) groups is 3. The molecular formula is C23H22O10. The van der Waals surface area contributed by atoms with Gasteiger partial charge in [-0.15, -0.1) is 0 Å². The molecule has 2 aromatic carbocycles. The van der Waals surface area contributed by atoms with Gasteiger partial charge in [0.15, 0.2) is 23.2 Å². The standard InChI is InChI=1S/C23H22O10/c24-15-8-6-13(10-16(15)25)7-9-19(27)32-18-12-23(31,22(29)30)11-17(26)20(18)33-21(28)14-4-2-1-3-5-14/h1-10,17-18,20,24-26,31H,11-12H2,(H,29,30)/b9-7+/t17-,18-,20+,23-/m1/s1. The second-order valence-corrected chi connectivity index (χ2v) is 7.61. The van der Waals surface area contributed by atoms with Crippen molar-refractivity contribution in [2.24, 2.45) is 0 Å². The van der Waals surface area contributed by atoms with E-state index in [1.807, 2.05) is 0 Å². The molecule has 0 unspecified atom stereocenters. The molecular weight excluding hydrogens is 436 g/mol. The molecule has 2 aromatic rings. The minimum atomic E-state index is -2.40. The first-order valence-electron chi connectivity index (χ1n) is 9.89. The Balaban J connectivity index is 1.78. The molecule has 1 fully saturated rings. The molecule has 10 nitrogen and oxygen atoms in total. The van der Waals surface area contributed by atoms with Crippen LogP contribution >= 0.6 is 0 Å². The number of esters is 2. The van der Waals surface area contributed by atoms with Gasteiger partial charge >= 0.3 is 17.9 Å². The van der Waals surface area contributed by atoms with Crippen molar-refractivity contribution in [2.75, 3.05) is 0 Å². The van der Waals surface area contributed by atoms with Crippen LogP contribution in [0.15, 0.2) is 54.6 Å². The van der Waals surface area contributed by atoms with Gasteiger partial charge in [-0.3, -0.25) is 0 Å². The maximum atomic E-state index is 12.4. The largest absolute Gasteiger partial charge is 0.504 e. The van der Waals surface area contributed by atoms with Crippen LogP contribution in [0, 0.1) is 0 Å². The van der Waals surface area contributed by atoms with Crippen LogP contribution in [0.4, 0.5) is 0 Å². The molecule has 33 heavy (non-hydrogen) atoms. The average molecular weight is 458 g/mol. The minimum absolute atomic E-state index is 0.167. The number of benzene rings is 2. The third kappa shape index (κ3) is 5.68. The van der Waals surface area contributed by atoms with E-state index in [0.717, 1.165) is 6.08 Å². The number of carboxylic acids is 1.